The van der Waals surface area contributed by atoms with Crippen molar-refractivity contribution in [1.29, 1.82) is 0 Å². The molecule has 0 amide bonds. The van der Waals surface area contributed by atoms with Crippen molar-refractivity contribution >= 4 is 35.0 Å². The third-order valence-electron chi connectivity index (χ3n) is 1.23. The molecule has 1 N–H and O–H groups in total. The molecule has 0 aliphatic carbocycles. The van der Waals surface area contributed by atoms with Crippen LogP contribution in [0.15, 0.2) is 5.03 Å². The van der Waals surface area contributed by atoms with E-state index in [0.717, 1.165) is 5.03 Å². The van der Waals surface area contributed by atoms with E-state index >= 15 is 0 Å². The van der Waals surface area contributed by atoms with Crippen LogP contribution in [0, 0.1) is 0 Å². The normalized spacial score (nSPS) is 10.7. The van der Waals surface area contributed by atoms with Crippen LogP contribution in [-0.2, 0) is 7.05 Å². The van der Waals surface area contributed by atoms with Gasteiger partial charge in [-0.25, -0.2) is 0 Å². The number of aryl methyl sites for hydroxylation is 1. The summed E-state index contributed by atoms with van der Waals surface area (Å²) >= 11 is 12.9. The zero-order valence-corrected chi connectivity index (χ0v) is 8.75. The van der Waals surface area contributed by atoms with Gasteiger partial charge in [-0.05, 0) is 0 Å². The number of aromatic nitrogens is 2. The Kier molecular flexibility index (Phi) is 3.71. The van der Waals surface area contributed by atoms with Crippen molar-refractivity contribution in [1.82, 2.24) is 9.78 Å². The van der Waals surface area contributed by atoms with Gasteiger partial charge in [0, 0.05) is 12.8 Å². The maximum absolute atomic E-state index is 8.59. The van der Waals surface area contributed by atoms with Crippen LogP contribution in [0.2, 0.25) is 10.2 Å². The molecule has 12 heavy (non-hydrogen) atoms. The fourth-order valence-electron chi connectivity index (χ4n) is 0.750. The van der Waals surface area contributed by atoms with Crippen LogP contribution in [0.1, 0.15) is 0 Å². The summed E-state index contributed by atoms with van der Waals surface area (Å²) in [5.74, 6) is 0.593. The van der Waals surface area contributed by atoms with Crippen LogP contribution in [0.3, 0.4) is 0 Å². The summed E-state index contributed by atoms with van der Waals surface area (Å²) < 4.78 is 1.60. The Morgan fingerprint density at radius 3 is 2.67 bits per heavy atom. The minimum absolute atomic E-state index is 0.115. The predicted molar refractivity (Wildman–Crippen MR) is 51.0 cm³/mol. The molecule has 0 spiro atoms. The molecule has 0 aliphatic rings. The van der Waals surface area contributed by atoms with E-state index in [1.54, 1.807) is 11.7 Å². The Balaban J connectivity index is 2.82. The number of hydrogen-bond donors (Lipinski definition) is 1. The van der Waals surface area contributed by atoms with Crippen molar-refractivity contribution in [2.24, 2.45) is 7.05 Å². The lowest BCUT2D eigenvalue weighted by Crippen LogP contribution is -1.94. The number of nitrogens with zero attached hydrogens (tertiary/aromatic N) is 2. The molecule has 0 radical (unpaired) electrons. The molecule has 1 heterocycles. The maximum Gasteiger partial charge on any atom is 0.170 e. The average molecular weight is 227 g/mol. The standard InChI is InChI=1S/C6H8Cl2N2OS/c1-10-6(12-3-2-11)4(7)5(8)9-10/h11H,2-3H2,1H3. The number of rotatable bonds is 3. The van der Waals surface area contributed by atoms with Gasteiger partial charge in [-0.15, -0.1) is 11.8 Å². The number of hydrogen-bond acceptors (Lipinski definition) is 3. The summed E-state index contributed by atoms with van der Waals surface area (Å²) in [5, 5.41) is 14.0. The molecule has 0 atom stereocenters. The second kappa shape index (κ2) is 4.37. The van der Waals surface area contributed by atoms with E-state index in [1.807, 2.05) is 0 Å². The molecule has 3 nitrogen and oxygen atoms in total. The van der Waals surface area contributed by atoms with Crippen molar-refractivity contribution in [3.63, 3.8) is 0 Å². The maximum atomic E-state index is 8.59. The van der Waals surface area contributed by atoms with Crippen LogP contribution < -0.4 is 0 Å². The topological polar surface area (TPSA) is 38.0 Å². The molecule has 1 rings (SSSR count). The molecule has 6 heteroatoms. The van der Waals surface area contributed by atoms with E-state index < -0.39 is 0 Å². The van der Waals surface area contributed by atoms with Crippen LogP contribution in [0.25, 0.3) is 0 Å². The zero-order chi connectivity index (χ0) is 9.14. The van der Waals surface area contributed by atoms with E-state index in [-0.39, 0.29) is 6.61 Å². The quantitative estimate of drug-likeness (QED) is 0.800. The van der Waals surface area contributed by atoms with Crippen LogP contribution in [-0.4, -0.2) is 27.2 Å². The Morgan fingerprint density at radius 2 is 2.25 bits per heavy atom. The van der Waals surface area contributed by atoms with Crippen molar-refractivity contribution in [3.05, 3.63) is 10.2 Å². The van der Waals surface area contributed by atoms with Gasteiger partial charge in [0.15, 0.2) is 5.15 Å². The van der Waals surface area contributed by atoms with Crippen LogP contribution >= 0.6 is 35.0 Å². The highest BCUT2D eigenvalue weighted by Gasteiger charge is 2.11. The van der Waals surface area contributed by atoms with Crippen molar-refractivity contribution < 1.29 is 5.11 Å². The lowest BCUT2D eigenvalue weighted by atomic mass is 10.7. The number of aliphatic hydroxyl groups is 1. The van der Waals surface area contributed by atoms with Gasteiger partial charge in [-0.1, -0.05) is 23.2 Å². The second-order valence-corrected chi connectivity index (χ2v) is 3.93. The third kappa shape index (κ3) is 2.07. The molecule has 68 valence electrons. The SMILES string of the molecule is Cn1nc(Cl)c(Cl)c1SCCO. The highest BCUT2D eigenvalue weighted by molar-refractivity contribution is 7.99. The smallest absolute Gasteiger partial charge is 0.170 e. The summed E-state index contributed by atoms with van der Waals surface area (Å²) in [6.07, 6.45) is 0. The first-order valence-corrected chi connectivity index (χ1v) is 5.02. The summed E-state index contributed by atoms with van der Waals surface area (Å²) in [6.45, 7) is 0.115. The van der Waals surface area contributed by atoms with E-state index in [2.05, 4.69) is 5.10 Å². The van der Waals surface area contributed by atoms with E-state index in [9.17, 15) is 0 Å². The molecule has 0 saturated heterocycles. The highest BCUT2D eigenvalue weighted by atomic mass is 35.5. The first-order valence-electron chi connectivity index (χ1n) is 3.28. The van der Waals surface area contributed by atoms with Gasteiger partial charge in [0.2, 0.25) is 0 Å². The molecule has 1 aromatic heterocycles. The fraction of sp³-hybridized carbons (Fsp3) is 0.500. The van der Waals surface area contributed by atoms with Gasteiger partial charge in [0.1, 0.15) is 10.0 Å². The van der Waals surface area contributed by atoms with Gasteiger partial charge >= 0.3 is 0 Å². The summed E-state index contributed by atoms with van der Waals surface area (Å²) in [4.78, 5) is 0. The van der Waals surface area contributed by atoms with Crippen molar-refractivity contribution in [2.75, 3.05) is 12.4 Å². The monoisotopic (exact) mass is 226 g/mol. The molecule has 0 aromatic carbocycles. The molecule has 0 aliphatic heterocycles. The molecular weight excluding hydrogens is 219 g/mol. The minimum atomic E-state index is 0.115. The summed E-state index contributed by atoms with van der Waals surface area (Å²) in [6, 6.07) is 0. The van der Waals surface area contributed by atoms with Gasteiger partial charge in [-0.3, -0.25) is 4.68 Å². The molecule has 0 bridgehead atoms. The zero-order valence-electron chi connectivity index (χ0n) is 6.42. The fourth-order valence-corrected chi connectivity index (χ4v) is 2.07. The lowest BCUT2D eigenvalue weighted by Gasteiger charge is -1.98. The molecule has 0 saturated carbocycles. The summed E-state index contributed by atoms with van der Waals surface area (Å²) in [7, 11) is 1.76. The van der Waals surface area contributed by atoms with Crippen molar-refractivity contribution in [2.45, 2.75) is 5.03 Å². The molecule has 1 aromatic rings. The highest BCUT2D eigenvalue weighted by Crippen LogP contribution is 2.31. The van der Waals surface area contributed by atoms with Gasteiger partial charge < -0.3 is 5.11 Å². The Morgan fingerprint density at radius 1 is 1.58 bits per heavy atom. The van der Waals surface area contributed by atoms with Gasteiger partial charge in [0.25, 0.3) is 0 Å². The Hall–Kier alpha value is 0.1000. The molecule has 0 unspecified atom stereocenters. The van der Waals surface area contributed by atoms with Crippen molar-refractivity contribution in [3.8, 4) is 0 Å². The van der Waals surface area contributed by atoms with Crippen LogP contribution in [0.4, 0.5) is 0 Å². The number of aliphatic hydroxyl groups excluding tert-OH is 1. The first kappa shape index (κ1) is 10.2. The minimum Gasteiger partial charge on any atom is -0.396 e. The molecular formula is C6H8Cl2N2OS. The molecule has 0 fully saturated rings. The van der Waals surface area contributed by atoms with Gasteiger partial charge in [-0.2, -0.15) is 5.10 Å². The first-order chi connectivity index (χ1) is 5.66. The van der Waals surface area contributed by atoms with E-state index in [4.69, 9.17) is 28.3 Å². The predicted octanol–water partition coefficient (Wildman–Crippen LogP) is 1.81. The average Bonchev–Trinajstić information content (AvgIpc) is 2.25. The van der Waals surface area contributed by atoms with Gasteiger partial charge in [0.05, 0.1) is 6.61 Å². The second-order valence-electron chi connectivity index (χ2n) is 2.11. The number of thioether (sulfide) groups is 1. The Bertz CT molecular complexity index is 277. The lowest BCUT2D eigenvalue weighted by molar-refractivity contribution is 0.322. The Labute approximate surface area is 84.7 Å². The number of halogens is 2. The third-order valence-corrected chi connectivity index (χ3v) is 3.19. The largest absolute Gasteiger partial charge is 0.396 e. The summed E-state index contributed by atoms with van der Waals surface area (Å²) in [5.41, 5.74) is 0. The van der Waals surface area contributed by atoms with Crippen LogP contribution in [0.5, 0.6) is 0 Å². The van der Waals surface area contributed by atoms with E-state index in [0.29, 0.717) is 15.9 Å². The van der Waals surface area contributed by atoms with E-state index in [1.165, 1.54) is 11.8 Å².